The third kappa shape index (κ3) is 3.96. The van der Waals surface area contributed by atoms with E-state index in [0.717, 1.165) is 5.69 Å². The topological polar surface area (TPSA) is 85.8 Å². The van der Waals surface area contributed by atoms with Gasteiger partial charge in [-0.2, -0.15) is 4.98 Å². The molecule has 1 N–H and O–H groups in total. The summed E-state index contributed by atoms with van der Waals surface area (Å²) < 4.78 is 20.0. The van der Waals surface area contributed by atoms with Crippen LogP contribution in [0.4, 0.5) is 10.1 Å². The highest BCUT2D eigenvalue weighted by Crippen LogP contribution is 2.20. The number of halogens is 1. The number of imidazole rings is 1. The molecule has 1 amide bonds. The smallest absolute Gasteiger partial charge is 0.227 e. The van der Waals surface area contributed by atoms with Crippen molar-refractivity contribution in [3.8, 4) is 17.1 Å². The van der Waals surface area contributed by atoms with E-state index in [4.69, 9.17) is 4.52 Å². The van der Waals surface area contributed by atoms with E-state index in [2.05, 4.69) is 20.4 Å². The molecule has 0 aliphatic carbocycles. The number of amides is 1. The Balaban J connectivity index is 1.39. The molecule has 4 aromatic rings. The minimum absolute atomic E-state index is 0.172. The molecule has 0 aliphatic rings. The maximum Gasteiger partial charge on any atom is 0.227 e. The highest BCUT2D eigenvalue weighted by atomic mass is 19.1. The van der Waals surface area contributed by atoms with Gasteiger partial charge in [0.05, 0.1) is 17.7 Å². The van der Waals surface area contributed by atoms with Crippen molar-refractivity contribution >= 4 is 11.6 Å². The SMILES string of the molecule is O=C(CCc1nc(-c2ccc(F)cc2)no1)Nc1ccccc1-n1ccnc1. The Morgan fingerprint density at radius 3 is 2.75 bits per heavy atom. The Bertz CT molecular complexity index is 1070. The Labute approximate surface area is 159 Å². The predicted molar refractivity (Wildman–Crippen MR) is 100 cm³/mol. The van der Waals surface area contributed by atoms with E-state index in [9.17, 15) is 9.18 Å². The number of benzene rings is 2. The van der Waals surface area contributed by atoms with Gasteiger partial charge < -0.3 is 14.4 Å². The van der Waals surface area contributed by atoms with Crippen LogP contribution in [0.1, 0.15) is 12.3 Å². The van der Waals surface area contributed by atoms with Gasteiger partial charge in [-0.05, 0) is 36.4 Å². The Hall–Kier alpha value is -3.81. The molecule has 2 aromatic carbocycles. The van der Waals surface area contributed by atoms with E-state index in [1.165, 1.54) is 12.1 Å². The molecule has 140 valence electrons. The zero-order chi connectivity index (χ0) is 19.3. The van der Waals surface area contributed by atoms with Gasteiger partial charge in [-0.15, -0.1) is 0 Å². The highest BCUT2D eigenvalue weighted by Gasteiger charge is 2.12. The number of nitrogens with zero attached hydrogens (tertiary/aromatic N) is 4. The average Bonchev–Trinajstić information content (AvgIpc) is 3.40. The lowest BCUT2D eigenvalue weighted by molar-refractivity contribution is -0.116. The van der Waals surface area contributed by atoms with Gasteiger partial charge in [0.25, 0.3) is 0 Å². The third-order valence-electron chi connectivity index (χ3n) is 4.10. The van der Waals surface area contributed by atoms with Crippen molar-refractivity contribution < 1.29 is 13.7 Å². The number of hydrogen-bond donors (Lipinski definition) is 1. The van der Waals surface area contributed by atoms with Gasteiger partial charge in [-0.1, -0.05) is 17.3 Å². The Morgan fingerprint density at radius 1 is 1.14 bits per heavy atom. The van der Waals surface area contributed by atoms with E-state index < -0.39 is 0 Å². The summed E-state index contributed by atoms with van der Waals surface area (Å²) in [4.78, 5) is 20.6. The molecule has 0 spiro atoms. The summed E-state index contributed by atoms with van der Waals surface area (Å²) in [5.74, 6) is 0.201. The first kappa shape index (κ1) is 17.6. The van der Waals surface area contributed by atoms with Crippen molar-refractivity contribution in [3.05, 3.63) is 79.0 Å². The molecule has 0 aliphatic heterocycles. The highest BCUT2D eigenvalue weighted by molar-refractivity contribution is 5.92. The number of para-hydroxylation sites is 2. The minimum atomic E-state index is -0.333. The molecule has 0 fully saturated rings. The molecule has 0 saturated carbocycles. The molecule has 7 nitrogen and oxygen atoms in total. The summed E-state index contributed by atoms with van der Waals surface area (Å²) in [7, 11) is 0. The molecule has 0 saturated heterocycles. The maximum atomic E-state index is 13.0. The van der Waals surface area contributed by atoms with E-state index >= 15 is 0 Å². The van der Waals surface area contributed by atoms with Crippen molar-refractivity contribution in [1.82, 2.24) is 19.7 Å². The monoisotopic (exact) mass is 377 g/mol. The van der Waals surface area contributed by atoms with Crippen molar-refractivity contribution in [1.29, 1.82) is 0 Å². The van der Waals surface area contributed by atoms with Gasteiger partial charge in [0.2, 0.25) is 17.6 Å². The van der Waals surface area contributed by atoms with Crippen LogP contribution in [0.25, 0.3) is 17.1 Å². The zero-order valence-corrected chi connectivity index (χ0v) is 14.7. The number of nitrogens with one attached hydrogen (secondary N) is 1. The summed E-state index contributed by atoms with van der Waals surface area (Å²) >= 11 is 0. The molecule has 0 atom stereocenters. The molecular formula is C20H16FN5O2. The first-order valence-electron chi connectivity index (χ1n) is 8.65. The van der Waals surface area contributed by atoms with E-state index in [0.29, 0.717) is 29.4 Å². The lowest BCUT2D eigenvalue weighted by atomic mass is 10.2. The first-order chi connectivity index (χ1) is 13.7. The molecule has 0 bridgehead atoms. The van der Waals surface area contributed by atoms with Gasteiger partial charge >= 0.3 is 0 Å². The second kappa shape index (κ2) is 7.83. The molecule has 4 rings (SSSR count). The average molecular weight is 377 g/mol. The van der Waals surface area contributed by atoms with E-state index in [-0.39, 0.29) is 18.1 Å². The number of rotatable bonds is 6. The van der Waals surface area contributed by atoms with Crippen LogP contribution in [0, 0.1) is 5.82 Å². The van der Waals surface area contributed by atoms with Gasteiger partial charge in [0.15, 0.2) is 0 Å². The van der Waals surface area contributed by atoms with E-state index in [1.54, 1.807) is 30.9 Å². The van der Waals surface area contributed by atoms with Crippen LogP contribution < -0.4 is 5.32 Å². The summed E-state index contributed by atoms with van der Waals surface area (Å²) in [6, 6.07) is 13.3. The summed E-state index contributed by atoms with van der Waals surface area (Å²) in [6.45, 7) is 0. The Morgan fingerprint density at radius 2 is 1.96 bits per heavy atom. The summed E-state index contributed by atoms with van der Waals surface area (Å²) in [6.07, 6.45) is 5.63. The van der Waals surface area contributed by atoms with Crippen LogP contribution in [0.5, 0.6) is 0 Å². The molecule has 0 radical (unpaired) electrons. The summed E-state index contributed by atoms with van der Waals surface area (Å²) in [5.41, 5.74) is 2.16. The van der Waals surface area contributed by atoms with Crippen LogP contribution >= 0.6 is 0 Å². The quantitative estimate of drug-likeness (QED) is 0.554. The van der Waals surface area contributed by atoms with Crippen molar-refractivity contribution in [2.45, 2.75) is 12.8 Å². The maximum absolute atomic E-state index is 13.0. The van der Waals surface area contributed by atoms with Crippen LogP contribution in [0.2, 0.25) is 0 Å². The second-order valence-corrected chi connectivity index (χ2v) is 6.05. The van der Waals surface area contributed by atoms with Crippen molar-refractivity contribution in [3.63, 3.8) is 0 Å². The van der Waals surface area contributed by atoms with Crippen LogP contribution in [-0.4, -0.2) is 25.6 Å². The van der Waals surface area contributed by atoms with Gasteiger partial charge in [0.1, 0.15) is 5.82 Å². The third-order valence-corrected chi connectivity index (χ3v) is 4.10. The molecule has 28 heavy (non-hydrogen) atoms. The van der Waals surface area contributed by atoms with Crippen LogP contribution in [-0.2, 0) is 11.2 Å². The number of carbonyl (C=O) groups excluding carboxylic acids is 1. The molecule has 2 aromatic heterocycles. The number of carbonyl (C=O) groups is 1. The zero-order valence-electron chi connectivity index (χ0n) is 14.7. The standard InChI is InChI=1S/C20H16FN5O2/c21-15-7-5-14(6-8-15)20-24-19(28-25-20)10-9-18(27)23-16-3-1-2-4-17(16)26-12-11-22-13-26/h1-8,11-13H,9-10H2,(H,23,27). The predicted octanol–water partition coefficient (Wildman–Crippen LogP) is 3.63. The second-order valence-electron chi connectivity index (χ2n) is 6.05. The van der Waals surface area contributed by atoms with Crippen LogP contribution in [0.15, 0.2) is 71.8 Å². The lowest BCUT2D eigenvalue weighted by Crippen LogP contribution is -2.14. The van der Waals surface area contributed by atoms with Crippen LogP contribution in [0.3, 0.4) is 0 Å². The lowest BCUT2D eigenvalue weighted by Gasteiger charge is -2.11. The number of anilines is 1. The Kier molecular flexibility index (Phi) is 4.92. The number of aryl methyl sites for hydroxylation is 1. The molecular weight excluding hydrogens is 361 g/mol. The number of aromatic nitrogens is 4. The largest absolute Gasteiger partial charge is 0.339 e. The van der Waals surface area contributed by atoms with Crippen molar-refractivity contribution in [2.75, 3.05) is 5.32 Å². The van der Waals surface area contributed by atoms with Crippen molar-refractivity contribution in [2.24, 2.45) is 0 Å². The van der Waals surface area contributed by atoms with Gasteiger partial charge in [-0.25, -0.2) is 9.37 Å². The molecule has 0 unspecified atom stereocenters. The fourth-order valence-corrected chi connectivity index (χ4v) is 2.71. The number of hydrogen-bond acceptors (Lipinski definition) is 5. The molecule has 2 heterocycles. The fourth-order valence-electron chi connectivity index (χ4n) is 2.71. The minimum Gasteiger partial charge on any atom is -0.339 e. The van der Waals surface area contributed by atoms with Gasteiger partial charge in [-0.3, -0.25) is 4.79 Å². The van der Waals surface area contributed by atoms with Gasteiger partial charge in [0, 0.05) is 30.8 Å². The fraction of sp³-hybridized carbons (Fsp3) is 0.100. The summed E-state index contributed by atoms with van der Waals surface area (Å²) in [5, 5.41) is 6.77. The first-order valence-corrected chi connectivity index (χ1v) is 8.65. The normalized spacial score (nSPS) is 10.8. The molecule has 8 heteroatoms. The van der Waals surface area contributed by atoms with E-state index in [1.807, 2.05) is 28.8 Å².